The Kier molecular flexibility index (Phi) is 4.40. The minimum absolute atomic E-state index is 0.430. The molecule has 0 aliphatic heterocycles. The number of anilines is 1. The van der Waals surface area contributed by atoms with Crippen LogP contribution in [0.15, 0.2) is 12.1 Å². The Labute approximate surface area is 121 Å². The second kappa shape index (κ2) is 5.87. The van der Waals surface area contributed by atoms with Gasteiger partial charge in [0.1, 0.15) is 10.8 Å². The Bertz CT molecular complexity index is 462. The highest BCUT2D eigenvalue weighted by Gasteiger charge is 2.24. The maximum Gasteiger partial charge on any atom is 0.127 e. The molecule has 2 atom stereocenters. The molecule has 1 aromatic rings. The lowest BCUT2D eigenvalue weighted by Gasteiger charge is -2.32. The molecule has 1 fully saturated rings. The number of aromatic nitrogens is 1. The molecule has 1 saturated carbocycles. The van der Waals surface area contributed by atoms with Crippen molar-refractivity contribution in [1.82, 2.24) is 4.98 Å². The van der Waals surface area contributed by atoms with Gasteiger partial charge in [0.2, 0.25) is 0 Å². The monoisotopic (exact) mass is 277 g/mol. The third-order valence-electron chi connectivity index (χ3n) is 3.77. The van der Waals surface area contributed by atoms with Gasteiger partial charge >= 0.3 is 0 Å². The lowest BCUT2D eigenvalue weighted by molar-refractivity contribution is 0.280. The first-order valence-electron chi connectivity index (χ1n) is 6.99. The van der Waals surface area contributed by atoms with E-state index in [2.05, 4.69) is 24.1 Å². The van der Waals surface area contributed by atoms with E-state index in [9.17, 15) is 0 Å². The molecule has 0 radical (unpaired) electrons. The van der Waals surface area contributed by atoms with E-state index in [4.69, 9.17) is 18.0 Å². The molecule has 4 heteroatoms. The highest BCUT2D eigenvalue weighted by Crippen LogP contribution is 2.30. The quantitative estimate of drug-likeness (QED) is 0.833. The zero-order valence-corrected chi connectivity index (χ0v) is 12.8. The van der Waals surface area contributed by atoms with Gasteiger partial charge in [0.05, 0.1) is 0 Å². The second-order valence-electron chi connectivity index (χ2n) is 6.01. The molecule has 2 rings (SSSR count). The van der Waals surface area contributed by atoms with Crippen molar-refractivity contribution in [3.05, 3.63) is 23.4 Å². The zero-order chi connectivity index (χ0) is 14.0. The number of nitrogens with two attached hydrogens (primary N) is 1. The highest BCUT2D eigenvalue weighted by molar-refractivity contribution is 7.80. The molecule has 2 unspecified atom stereocenters. The van der Waals surface area contributed by atoms with E-state index >= 15 is 0 Å². The Morgan fingerprint density at radius 3 is 2.47 bits per heavy atom. The van der Waals surface area contributed by atoms with E-state index < -0.39 is 0 Å². The fourth-order valence-corrected chi connectivity index (χ4v) is 3.28. The number of aryl methyl sites for hydroxylation is 1. The molecule has 0 amide bonds. The van der Waals surface area contributed by atoms with Crippen LogP contribution in [0, 0.1) is 18.8 Å². The smallest absolute Gasteiger partial charge is 0.127 e. The van der Waals surface area contributed by atoms with Crippen LogP contribution in [-0.2, 0) is 0 Å². The third-order valence-corrected chi connectivity index (χ3v) is 4.00. The summed E-state index contributed by atoms with van der Waals surface area (Å²) in [6.07, 6.45) is 3.75. The number of pyridine rings is 1. The molecule has 1 heterocycles. The van der Waals surface area contributed by atoms with Gasteiger partial charge in [0.25, 0.3) is 0 Å². The SMILES string of the molecule is Cc1cc(C(N)=S)cc(NC2CC(C)CC(C)C2)n1. The van der Waals surface area contributed by atoms with Crippen molar-refractivity contribution in [2.24, 2.45) is 17.6 Å². The molecular formula is C15H23N3S. The van der Waals surface area contributed by atoms with Gasteiger partial charge in [0.15, 0.2) is 0 Å². The van der Waals surface area contributed by atoms with Crippen molar-refractivity contribution in [3.63, 3.8) is 0 Å². The van der Waals surface area contributed by atoms with Crippen LogP contribution in [-0.4, -0.2) is 16.0 Å². The summed E-state index contributed by atoms with van der Waals surface area (Å²) >= 11 is 5.05. The average molecular weight is 277 g/mol. The topological polar surface area (TPSA) is 50.9 Å². The number of thiocarbonyl (C=S) groups is 1. The summed E-state index contributed by atoms with van der Waals surface area (Å²) in [5.74, 6) is 2.45. The minimum atomic E-state index is 0.430. The Morgan fingerprint density at radius 2 is 1.89 bits per heavy atom. The minimum Gasteiger partial charge on any atom is -0.389 e. The summed E-state index contributed by atoms with van der Waals surface area (Å²) in [6, 6.07) is 4.39. The molecule has 1 aliphatic carbocycles. The largest absolute Gasteiger partial charge is 0.389 e. The Morgan fingerprint density at radius 1 is 1.26 bits per heavy atom. The van der Waals surface area contributed by atoms with Crippen molar-refractivity contribution >= 4 is 23.0 Å². The maximum absolute atomic E-state index is 5.70. The summed E-state index contributed by atoms with van der Waals surface area (Å²) in [5.41, 5.74) is 7.54. The molecule has 1 aromatic heterocycles. The van der Waals surface area contributed by atoms with Gasteiger partial charge in [-0.3, -0.25) is 0 Å². The molecular weight excluding hydrogens is 254 g/mol. The van der Waals surface area contributed by atoms with Gasteiger partial charge in [-0.05, 0) is 50.2 Å². The summed E-state index contributed by atoms with van der Waals surface area (Å²) in [4.78, 5) is 4.96. The van der Waals surface area contributed by atoms with Crippen LogP contribution in [0.5, 0.6) is 0 Å². The summed E-state index contributed by atoms with van der Waals surface area (Å²) in [6.45, 7) is 6.63. The maximum atomic E-state index is 5.70. The van der Waals surface area contributed by atoms with Crippen molar-refractivity contribution in [1.29, 1.82) is 0 Å². The van der Waals surface area contributed by atoms with E-state index in [0.717, 1.165) is 28.9 Å². The molecule has 0 aromatic carbocycles. The van der Waals surface area contributed by atoms with Gasteiger partial charge < -0.3 is 11.1 Å². The van der Waals surface area contributed by atoms with E-state index in [1.807, 2.05) is 19.1 Å². The number of hydrogen-bond acceptors (Lipinski definition) is 3. The van der Waals surface area contributed by atoms with Gasteiger partial charge in [-0.2, -0.15) is 0 Å². The molecule has 19 heavy (non-hydrogen) atoms. The lowest BCUT2D eigenvalue weighted by Crippen LogP contribution is -2.30. The van der Waals surface area contributed by atoms with E-state index in [1.54, 1.807) is 0 Å². The van der Waals surface area contributed by atoms with E-state index in [0.29, 0.717) is 11.0 Å². The van der Waals surface area contributed by atoms with Crippen molar-refractivity contribution < 1.29 is 0 Å². The van der Waals surface area contributed by atoms with E-state index in [-0.39, 0.29) is 0 Å². The molecule has 0 bridgehead atoms. The number of nitrogens with one attached hydrogen (secondary N) is 1. The summed E-state index contributed by atoms with van der Waals surface area (Å²) in [7, 11) is 0. The summed E-state index contributed by atoms with van der Waals surface area (Å²) in [5, 5.41) is 3.55. The molecule has 1 aliphatic rings. The van der Waals surface area contributed by atoms with Crippen LogP contribution in [0.1, 0.15) is 44.4 Å². The summed E-state index contributed by atoms with van der Waals surface area (Å²) < 4.78 is 0. The second-order valence-corrected chi connectivity index (χ2v) is 6.45. The molecule has 3 nitrogen and oxygen atoms in total. The number of rotatable bonds is 3. The van der Waals surface area contributed by atoms with Crippen LogP contribution >= 0.6 is 12.2 Å². The van der Waals surface area contributed by atoms with Crippen LogP contribution in [0.4, 0.5) is 5.82 Å². The predicted molar refractivity (Wildman–Crippen MR) is 84.5 cm³/mol. The van der Waals surface area contributed by atoms with Crippen molar-refractivity contribution in [2.75, 3.05) is 5.32 Å². The Hall–Kier alpha value is -1.16. The first kappa shape index (κ1) is 14.3. The lowest BCUT2D eigenvalue weighted by atomic mass is 9.80. The van der Waals surface area contributed by atoms with E-state index in [1.165, 1.54) is 19.3 Å². The fourth-order valence-electron chi connectivity index (χ4n) is 3.16. The molecule has 104 valence electrons. The highest BCUT2D eigenvalue weighted by atomic mass is 32.1. The normalized spacial score (nSPS) is 27.0. The first-order chi connectivity index (χ1) is 8.94. The van der Waals surface area contributed by atoms with Crippen LogP contribution in [0.25, 0.3) is 0 Å². The van der Waals surface area contributed by atoms with Crippen LogP contribution in [0.2, 0.25) is 0 Å². The van der Waals surface area contributed by atoms with Crippen LogP contribution in [0.3, 0.4) is 0 Å². The third kappa shape index (κ3) is 3.90. The van der Waals surface area contributed by atoms with Gasteiger partial charge in [-0.1, -0.05) is 26.1 Å². The zero-order valence-electron chi connectivity index (χ0n) is 11.9. The van der Waals surface area contributed by atoms with Crippen molar-refractivity contribution in [3.8, 4) is 0 Å². The number of nitrogens with zero attached hydrogens (tertiary/aromatic N) is 1. The molecule has 0 spiro atoms. The van der Waals surface area contributed by atoms with Gasteiger partial charge in [0, 0.05) is 17.3 Å². The molecule has 0 saturated heterocycles. The average Bonchev–Trinajstić information content (AvgIpc) is 2.26. The predicted octanol–water partition coefficient (Wildman–Crippen LogP) is 3.26. The van der Waals surface area contributed by atoms with Gasteiger partial charge in [-0.25, -0.2) is 4.98 Å². The van der Waals surface area contributed by atoms with Crippen molar-refractivity contribution in [2.45, 2.75) is 46.1 Å². The first-order valence-corrected chi connectivity index (χ1v) is 7.40. The molecule has 3 N–H and O–H groups in total. The number of hydrogen-bond donors (Lipinski definition) is 2. The fraction of sp³-hybridized carbons (Fsp3) is 0.600. The Balaban J connectivity index is 2.12. The van der Waals surface area contributed by atoms with Crippen LogP contribution < -0.4 is 11.1 Å². The van der Waals surface area contributed by atoms with Gasteiger partial charge in [-0.15, -0.1) is 0 Å². The standard InChI is InChI=1S/C15H23N3S/c1-9-4-10(2)6-13(5-9)18-14-8-12(15(16)19)7-11(3)17-14/h7-10,13H,4-6H2,1-3H3,(H2,16,19)(H,17,18).